The van der Waals surface area contributed by atoms with Gasteiger partial charge >= 0.3 is 0 Å². The molecule has 0 aliphatic carbocycles. The van der Waals surface area contributed by atoms with Gasteiger partial charge < -0.3 is 5.73 Å². The van der Waals surface area contributed by atoms with Crippen molar-refractivity contribution >= 4 is 36.0 Å². The fourth-order valence-electron chi connectivity index (χ4n) is 3.47. The first-order valence-electron chi connectivity index (χ1n) is 8.24. The molecule has 1 nitrogen and oxygen atoms in total. The van der Waals surface area contributed by atoms with Gasteiger partial charge in [0.05, 0.1) is 0 Å². The van der Waals surface area contributed by atoms with Crippen molar-refractivity contribution in [1.82, 2.24) is 0 Å². The van der Waals surface area contributed by atoms with Crippen LogP contribution < -0.4 is 21.3 Å². The SMILES string of the molecule is Cl.NCCC[Si](c1ccccc1)(c1ccccc1)c1ccccc1. The number of benzene rings is 3. The van der Waals surface area contributed by atoms with Gasteiger partial charge in [0.25, 0.3) is 0 Å². The van der Waals surface area contributed by atoms with Crippen molar-refractivity contribution < 1.29 is 0 Å². The summed E-state index contributed by atoms with van der Waals surface area (Å²) in [5.41, 5.74) is 5.89. The summed E-state index contributed by atoms with van der Waals surface area (Å²) in [5, 5.41) is 4.39. The van der Waals surface area contributed by atoms with E-state index < -0.39 is 8.07 Å². The highest BCUT2D eigenvalue weighted by molar-refractivity contribution is 7.11. The van der Waals surface area contributed by atoms with Gasteiger partial charge in [0.15, 0.2) is 0 Å². The van der Waals surface area contributed by atoms with E-state index in [1.54, 1.807) is 0 Å². The second kappa shape index (κ2) is 8.83. The van der Waals surface area contributed by atoms with E-state index in [0.717, 1.165) is 19.0 Å². The van der Waals surface area contributed by atoms with Gasteiger partial charge in [-0.05, 0) is 34.6 Å². The van der Waals surface area contributed by atoms with E-state index in [1.807, 2.05) is 0 Å². The summed E-state index contributed by atoms with van der Waals surface area (Å²) in [6.45, 7) is 0.737. The summed E-state index contributed by atoms with van der Waals surface area (Å²) < 4.78 is 0. The minimum atomic E-state index is -2.02. The summed E-state index contributed by atoms with van der Waals surface area (Å²) in [6.07, 6.45) is 1.05. The molecule has 3 aromatic carbocycles. The van der Waals surface area contributed by atoms with Crippen LogP contribution >= 0.6 is 12.4 Å². The largest absolute Gasteiger partial charge is 0.330 e. The average molecular weight is 354 g/mol. The minimum absolute atomic E-state index is 0. The molecule has 124 valence electrons. The molecule has 0 amide bonds. The maximum Gasteiger partial charge on any atom is 0.148 e. The van der Waals surface area contributed by atoms with Gasteiger partial charge in [0, 0.05) is 0 Å². The zero-order valence-electron chi connectivity index (χ0n) is 13.8. The molecule has 0 bridgehead atoms. The Labute approximate surface area is 152 Å². The number of hydrogen-bond donors (Lipinski definition) is 1. The molecule has 0 radical (unpaired) electrons. The first-order valence-corrected chi connectivity index (χ1v) is 10.5. The molecular weight excluding hydrogens is 330 g/mol. The van der Waals surface area contributed by atoms with Crippen molar-refractivity contribution in [2.75, 3.05) is 6.54 Å². The van der Waals surface area contributed by atoms with Crippen LogP contribution in [0.15, 0.2) is 91.0 Å². The Morgan fingerprint density at radius 2 is 0.917 bits per heavy atom. The molecule has 3 aromatic rings. The zero-order valence-corrected chi connectivity index (χ0v) is 15.6. The predicted molar refractivity (Wildman–Crippen MR) is 110 cm³/mol. The smallest absolute Gasteiger partial charge is 0.148 e. The summed E-state index contributed by atoms with van der Waals surface area (Å²) in [7, 11) is -2.02. The first-order chi connectivity index (χ1) is 11.4. The Bertz CT molecular complexity index is 620. The molecule has 0 aliphatic heterocycles. The van der Waals surface area contributed by atoms with Crippen molar-refractivity contribution in [3.05, 3.63) is 91.0 Å². The maximum atomic E-state index is 5.89. The third-order valence-corrected chi connectivity index (χ3v) is 9.62. The molecule has 0 aromatic heterocycles. The minimum Gasteiger partial charge on any atom is -0.330 e. The third-order valence-electron chi connectivity index (χ3n) is 4.56. The first kappa shape index (κ1) is 18.5. The van der Waals surface area contributed by atoms with Gasteiger partial charge in [-0.3, -0.25) is 0 Å². The number of nitrogens with two attached hydrogens (primary N) is 1. The van der Waals surface area contributed by atoms with Gasteiger partial charge in [-0.15, -0.1) is 12.4 Å². The zero-order chi connectivity index (χ0) is 16.0. The van der Waals surface area contributed by atoms with E-state index >= 15 is 0 Å². The Kier molecular flexibility index (Phi) is 6.80. The second-order valence-electron chi connectivity index (χ2n) is 5.90. The molecule has 0 spiro atoms. The van der Waals surface area contributed by atoms with Crippen molar-refractivity contribution in [1.29, 1.82) is 0 Å². The lowest BCUT2D eigenvalue weighted by molar-refractivity contribution is 0.919. The highest BCUT2D eigenvalue weighted by Crippen LogP contribution is 2.14. The average Bonchev–Trinajstić information content (AvgIpc) is 2.65. The van der Waals surface area contributed by atoms with Gasteiger partial charge in [-0.25, -0.2) is 0 Å². The van der Waals surface area contributed by atoms with E-state index in [1.165, 1.54) is 15.6 Å². The van der Waals surface area contributed by atoms with Crippen LogP contribution in [0.4, 0.5) is 0 Å². The van der Waals surface area contributed by atoms with Crippen LogP contribution in [-0.2, 0) is 0 Å². The molecule has 3 rings (SSSR count). The maximum absolute atomic E-state index is 5.89. The van der Waals surface area contributed by atoms with E-state index in [9.17, 15) is 0 Å². The lowest BCUT2D eigenvalue weighted by Crippen LogP contribution is -2.67. The number of rotatable bonds is 6. The lowest BCUT2D eigenvalue weighted by Gasteiger charge is -2.33. The van der Waals surface area contributed by atoms with Crippen LogP contribution in [-0.4, -0.2) is 14.6 Å². The fourth-order valence-corrected chi connectivity index (χ4v) is 8.35. The molecule has 0 atom stereocenters. The third kappa shape index (κ3) is 3.62. The molecule has 2 N–H and O–H groups in total. The van der Waals surface area contributed by atoms with E-state index in [-0.39, 0.29) is 12.4 Å². The van der Waals surface area contributed by atoms with E-state index in [0.29, 0.717) is 0 Å². The molecular formula is C21H24ClNSi. The molecule has 3 heteroatoms. The molecule has 0 unspecified atom stereocenters. The second-order valence-corrected chi connectivity index (χ2v) is 9.94. The molecule has 0 saturated heterocycles. The normalized spacial score (nSPS) is 10.9. The Morgan fingerprint density at radius 3 is 1.21 bits per heavy atom. The molecule has 24 heavy (non-hydrogen) atoms. The van der Waals surface area contributed by atoms with Crippen LogP contribution in [0.3, 0.4) is 0 Å². The van der Waals surface area contributed by atoms with Crippen LogP contribution in [0.2, 0.25) is 6.04 Å². The standard InChI is InChI=1S/C21H23NSi.ClH/c22-17-10-18-23(19-11-4-1-5-12-19,20-13-6-2-7-14-20)21-15-8-3-9-16-21;/h1-9,11-16H,10,17-18,22H2;1H. The van der Waals surface area contributed by atoms with Crippen LogP contribution in [0.5, 0.6) is 0 Å². The highest BCUT2D eigenvalue weighted by Gasteiger charge is 2.38. The Morgan fingerprint density at radius 1 is 0.583 bits per heavy atom. The van der Waals surface area contributed by atoms with Crippen LogP contribution in [0.25, 0.3) is 0 Å². The molecule has 0 fully saturated rings. The number of halogens is 1. The van der Waals surface area contributed by atoms with Crippen LogP contribution in [0, 0.1) is 0 Å². The Balaban J connectivity index is 0.00000208. The predicted octanol–water partition coefficient (Wildman–Crippen LogP) is 2.93. The molecule has 0 aliphatic rings. The Hall–Kier alpha value is -1.87. The monoisotopic (exact) mass is 353 g/mol. The van der Waals surface area contributed by atoms with Crippen molar-refractivity contribution in [2.45, 2.75) is 12.5 Å². The molecule has 0 saturated carbocycles. The van der Waals surface area contributed by atoms with E-state index in [2.05, 4.69) is 91.0 Å². The molecule has 0 heterocycles. The fraction of sp³-hybridized carbons (Fsp3) is 0.143. The van der Waals surface area contributed by atoms with Crippen molar-refractivity contribution in [3.8, 4) is 0 Å². The van der Waals surface area contributed by atoms with Gasteiger partial charge in [0.2, 0.25) is 0 Å². The summed E-state index contributed by atoms with van der Waals surface area (Å²) in [4.78, 5) is 0. The van der Waals surface area contributed by atoms with E-state index in [4.69, 9.17) is 5.73 Å². The van der Waals surface area contributed by atoms with Crippen molar-refractivity contribution in [2.24, 2.45) is 5.73 Å². The number of hydrogen-bond acceptors (Lipinski definition) is 1. The van der Waals surface area contributed by atoms with Crippen molar-refractivity contribution in [3.63, 3.8) is 0 Å². The quantitative estimate of drug-likeness (QED) is 0.535. The highest BCUT2D eigenvalue weighted by atomic mass is 35.5. The topological polar surface area (TPSA) is 26.0 Å². The van der Waals surface area contributed by atoms with Crippen LogP contribution in [0.1, 0.15) is 6.42 Å². The summed E-state index contributed by atoms with van der Waals surface area (Å²) in [5.74, 6) is 0. The lowest BCUT2D eigenvalue weighted by atomic mass is 10.3. The van der Waals surface area contributed by atoms with Gasteiger partial charge in [0.1, 0.15) is 8.07 Å². The van der Waals surface area contributed by atoms with Gasteiger partial charge in [-0.2, -0.15) is 0 Å². The summed E-state index contributed by atoms with van der Waals surface area (Å²) in [6, 6.07) is 34.2. The summed E-state index contributed by atoms with van der Waals surface area (Å²) >= 11 is 0. The van der Waals surface area contributed by atoms with Gasteiger partial charge in [-0.1, -0.05) is 91.0 Å².